The number of carbonyl (C=O) groups excluding carboxylic acids is 2. The number of anilines is 1. The molecule has 1 aliphatic heterocycles. The Morgan fingerprint density at radius 1 is 1.07 bits per heavy atom. The Morgan fingerprint density at radius 2 is 1.83 bits per heavy atom. The number of thiazole rings is 1. The lowest BCUT2D eigenvalue weighted by molar-refractivity contribution is -0.134. The number of hydrogen-bond acceptors (Lipinski definition) is 4. The summed E-state index contributed by atoms with van der Waals surface area (Å²) >= 11 is 1.64. The van der Waals surface area contributed by atoms with Crippen LogP contribution in [0.4, 0.5) is 5.13 Å². The smallest absolute Gasteiger partial charge is 0.229 e. The third-order valence-corrected chi connectivity index (χ3v) is 7.09. The lowest BCUT2D eigenvalue weighted by atomic mass is 9.95. The summed E-state index contributed by atoms with van der Waals surface area (Å²) < 4.78 is 0. The van der Waals surface area contributed by atoms with Crippen molar-refractivity contribution in [3.8, 4) is 0 Å². The van der Waals surface area contributed by atoms with Gasteiger partial charge in [-0.1, -0.05) is 36.8 Å². The van der Waals surface area contributed by atoms with Gasteiger partial charge in [0.05, 0.1) is 5.69 Å². The van der Waals surface area contributed by atoms with Crippen LogP contribution in [0.5, 0.6) is 0 Å². The number of fused-ring (bicyclic) bond motifs is 1. The Balaban J connectivity index is 1.24. The van der Waals surface area contributed by atoms with Crippen molar-refractivity contribution in [1.29, 1.82) is 0 Å². The zero-order valence-electron chi connectivity index (χ0n) is 16.9. The second kappa shape index (κ2) is 9.53. The van der Waals surface area contributed by atoms with E-state index in [1.165, 1.54) is 35.4 Å². The molecule has 0 atom stereocenters. The first-order valence-corrected chi connectivity index (χ1v) is 11.6. The van der Waals surface area contributed by atoms with Gasteiger partial charge in [-0.3, -0.25) is 9.59 Å². The molecule has 1 fully saturated rings. The molecule has 1 aromatic carbocycles. The van der Waals surface area contributed by atoms with Crippen LogP contribution in [0.3, 0.4) is 0 Å². The highest BCUT2D eigenvalue weighted by Crippen LogP contribution is 2.30. The predicted molar refractivity (Wildman–Crippen MR) is 116 cm³/mol. The molecule has 0 bridgehead atoms. The molecule has 0 saturated carbocycles. The van der Waals surface area contributed by atoms with Crippen LogP contribution < -0.4 is 5.32 Å². The van der Waals surface area contributed by atoms with Crippen molar-refractivity contribution in [1.82, 2.24) is 9.88 Å². The summed E-state index contributed by atoms with van der Waals surface area (Å²) in [5.41, 5.74) is 2.37. The average molecular weight is 412 g/mol. The first-order valence-electron chi connectivity index (χ1n) is 10.8. The summed E-state index contributed by atoms with van der Waals surface area (Å²) in [6, 6.07) is 10.1. The molecule has 0 radical (unpaired) electrons. The number of rotatable bonds is 5. The minimum Gasteiger partial charge on any atom is -0.343 e. The fourth-order valence-electron chi connectivity index (χ4n) is 4.23. The molecule has 1 saturated heterocycles. The van der Waals surface area contributed by atoms with Gasteiger partial charge in [-0.25, -0.2) is 4.98 Å². The average Bonchev–Trinajstić information content (AvgIpc) is 3.00. The molecule has 1 aromatic heterocycles. The third kappa shape index (κ3) is 5.24. The highest BCUT2D eigenvalue weighted by atomic mass is 32.1. The van der Waals surface area contributed by atoms with Crippen molar-refractivity contribution in [2.24, 2.45) is 5.92 Å². The van der Waals surface area contributed by atoms with E-state index in [1.807, 2.05) is 23.1 Å². The molecule has 5 nitrogen and oxygen atoms in total. The SMILES string of the molecule is O=C(Nc1nc2c(s1)CCCCC2)C1CCN(C(=O)CCc2ccccc2)CC1. The molecule has 2 heterocycles. The molecule has 0 spiro atoms. The molecule has 154 valence electrons. The molecule has 4 rings (SSSR count). The molecule has 2 aliphatic rings. The fourth-order valence-corrected chi connectivity index (χ4v) is 5.29. The van der Waals surface area contributed by atoms with E-state index >= 15 is 0 Å². The first kappa shape index (κ1) is 20.1. The zero-order chi connectivity index (χ0) is 20.1. The second-order valence-electron chi connectivity index (χ2n) is 8.08. The van der Waals surface area contributed by atoms with Crippen molar-refractivity contribution < 1.29 is 9.59 Å². The Hall–Kier alpha value is -2.21. The minimum atomic E-state index is -0.0307. The van der Waals surface area contributed by atoms with Gasteiger partial charge >= 0.3 is 0 Å². The summed E-state index contributed by atoms with van der Waals surface area (Å²) in [5, 5.41) is 3.80. The highest BCUT2D eigenvalue weighted by Gasteiger charge is 2.28. The third-order valence-electron chi connectivity index (χ3n) is 6.01. The predicted octanol–water partition coefficient (Wildman–Crippen LogP) is 4.22. The molecule has 6 heteroatoms. The van der Waals surface area contributed by atoms with E-state index in [4.69, 9.17) is 0 Å². The van der Waals surface area contributed by atoms with Gasteiger partial charge in [0.25, 0.3) is 0 Å². The lowest BCUT2D eigenvalue weighted by Gasteiger charge is -2.31. The number of aryl methyl sites for hydroxylation is 3. The quantitative estimate of drug-likeness (QED) is 0.749. The van der Waals surface area contributed by atoms with Crippen LogP contribution in [0.15, 0.2) is 30.3 Å². The molecule has 1 aliphatic carbocycles. The molecule has 2 amide bonds. The van der Waals surface area contributed by atoms with Crippen LogP contribution in [0.25, 0.3) is 0 Å². The van der Waals surface area contributed by atoms with Gasteiger partial charge in [0, 0.05) is 30.3 Å². The first-order chi connectivity index (χ1) is 14.2. The summed E-state index contributed by atoms with van der Waals surface area (Å²) in [6.45, 7) is 1.33. The van der Waals surface area contributed by atoms with Gasteiger partial charge < -0.3 is 10.2 Å². The molecule has 29 heavy (non-hydrogen) atoms. The Morgan fingerprint density at radius 3 is 2.62 bits per heavy atom. The van der Waals surface area contributed by atoms with Crippen molar-refractivity contribution in [2.75, 3.05) is 18.4 Å². The minimum absolute atomic E-state index is 0.0307. The van der Waals surface area contributed by atoms with Crippen LogP contribution in [0.1, 0.15) is 54.7 Å². The number of nitrogens with one attached hydrogen (secondary N) is 1. The Kier molecular flexibility index (Phi) is 6.60. The number of nitrogens with zero attached hydrogens (tertiary/aromatic N) is 2. The molecule has 0 unspecified atom stereocenters. The van der Waals surface area contributed by atoms with Crippen LogP contribution in [-0.4, -0.2) is 34.8 Å². The summed E-state index contributed by atoms with van der Waals surface area (Å²) in [6.07, 6.45) is 8.58. The molecule has 1 N–H and O–H groups in total. The normalized spacial score (nSPS) is 17.4. The number of aromatic nitrogens is 1. The van der Waals surface area contributed by atoms with Crippen LogP contribution in [0, 0.1) is 5.92 Å². The van der Waals surface area contributed by atoms with Crippen molar-refractivity contribution >= 4 is 28.3 Å². The van der Waals surface area contributed by atoms with Crippen molar-refractivity contribution in [2.45, 2.75) is 57.8 Å². The van der Waals surface area contributed by atoms with Gasteiger partial charge in [0.15, 0.2) is 5.13 Å². The van der Waals surface area contributed by atoms with E-state index in [0.717, 1.165) is 37.2 Å². The van der Waals surface area contributed by atoms with Gasteiger partial charge in [0.2, 0.25) is 11.8 Å². The van der Waals surface area contributed by atoms with Gasteiger partial charge in [-0.2, -0.15) is 0 Å². The van der Waals surface area contributed by atoms with Crippen LogP contribution in [-0.2, 0) is 28.9 Å². The molecule has 2 aromatic rings. The van der Waals surface area contributed by atoms with Gasteiger partial charge in [0.1, 0.15) is 0 Å². The monoisotopic (exact) mass is 411 g/mol. The largest absolute Gasteiger partial charge is 0.343 e. The maximum absolute atomic E-state index is 12.7. The molecular weight excluding hydrogens is 382 g/mol. The van der Waals surface area contributed by atoms with E-state index in [0.29, 0.717) is 19.5 Å². The van der Waals surface area contributed by atoms with E-state index in [2.05, 4.69) is 22.4 Å². The zero-order valence-corrected chi connectivity index (χ0v) is 17.7. The standard InChI is InChI=1S/C23H29N3O2S/c27-21(12-11-17-7-3-1-4-8-17)26-15-13-18(14-16-26)22(28)25-23-24-19-9-5-2-6-10-20(19)29-23/h1,3-4,7-8,18H,2,5-6,9-16H2,(H,24,25,28). The number of likely N-dealkylation sites (tertiary alicyclic amines) is 1. The number of piperidine rings is 1. The van der Waals surface area contributed by atoms with E-state index in [-0.39, 0.29) is 17.7 Å². The lowest BCUT2D eigenvalue weighted by Crippen LogP contribution is -2.41. The topological polar surface area (TPSA) is 62.3 Å². The highest BCUT2D eigenvalue weighted by molar-refractivity contribution is 7.15. The van der Waals surface area contributed by atoms with Gasteiger partial charge in [-0.05, 0) is 50.5 Å². The van der Waals surface area contributed by atoms with Crippen LogP contribution >= 0.6 is 11.3 Å². The second-order valence-corrected chi connectivity index (χ2v) is 9.16. The fraction of sp³-hybridized carbons (Fsp3) is 0.522. The summed E-state index contributed by atoms with van der Waals surface area (Å²) in [4.78, 5) is 33.1. The summed E-state index contributed by atoms with van der Waals surface area (Å²) in [7, 11) is 0. The van der Waals surface area contributed by atoms with Crippen LogP contribution in [0.2, 0.25) is 0 Å². The van der Waals surface area contributed by atoms with Gasteiger partial charge in [-0.15, -0.1) is 11.3 Å². The van der Waals surface area contributed by atoms with E-state index < -0.39 is 0 Å². The maximum atomic E-state index is 12.7. The maximum Gasteiger partial charge on any atom is 0.229 e. The number of amides is 2. The van der Waals surface area contributed by atoms with Crippen molar-refractivity contribution in [3.63, 3.8) is 0 Å². The number of hydrogen-bond donors (Lipinski definition) is 1. The number of carbonyl (C=O) groups is 2. The van der Waals surface area contributed by atoms with E-state index in [1.54, 1.807) is 11.3 Å². The molecular formula is C23H29N3O2S. The summed E-state index contributed by atoms with van der Waals surface area (Å²) in [5.74, 6) is 0.221. The number of benzene rings is 1. The Bertz CT molecular complexity index is 818. The van der Waals surface area contributed by atoms with Crippen molar-refractivity contribution in [3.05, 3.63) is 46.5 Å². The van der Waals surface area contributed by atoms with E-state index in [9.17, 15) is 9.59 Å². The Labute approximate surface area is 176 Å².